The van der Waals surface area contributed by atoms with Gasteiger partial charge in [-0.05, 0) is 36.4 Å². The number of benzene rings is 2. The van der Waals surface area contributed by atoms with Crippen LogP contribution in [0.5, 0.6) is 0 Å². The highest BCUT2D eigenvalue weighted by Crippen LogP contribution is 2.35. The van der Waals surface area contributed by atoms with Crippen molar-refractivity contribution in [1.82, 2.24) is 9.97 Å². The summed E-state index contributed by atoms with van der Waals surface area (Å²) < 4.78 is 60.6. The van der Waals surface area contributed by atoms with E-state index in [1.54, 1.807) is 42.6 Å². The van der Waals surface area contributed by atoms with Gasteiger partial charge in [0.25, 0.3) is 0 Å². The Morgan fingerprint density at radius 1 is 0.964 bits per heavy atom. The highest BCUT2D eigenvalue weighted by atomic mass is 32.2. The van der Waals surface area contributed by atoms with Crippen LogP contribution in [0.4, 0.5) is 18.9 Å². The minimum Gasteiger partial charge on any atom is -0.434 e. The topological polar surface area (TPSA) is 68.0 Å². The molecule has 1 unspecified atom stereocenters. The molecule has 28 heavy (non-hydrogen) atoms. The van der Waals surface area contributed by atoms with Crippen LogP contribution < -0.4 is 4.72 Å². The van der Waals surface area contributed by atoms with Crippen molar-refractivity contribution in [2.24, 2.45) is 0 Å². The van der Waals surface area contributed by atoms with Crippen molar-refractivity contribution in [2.45, 2.75) is 11.1 Å². The fraction of sp³-hybridized carbons (Fsp3) is 0.0526. The third-order valence-electron chi connectivity index (χ3n) is 3.92. The number of halogens is 3. The van der Waals surface area contributed by atoms with Gasteiger partial charge in [0.2, 0.25) is 5.89 Å². The van der Waals surface area contributed by atoms with Crippen LogP contribution in [0.25, 0.3) is 22.7 Å². The van der Waals surface area contributed by atoms with Crippen LogP contribution in [0.1, 0.15) is 5.56 Å². The van der Waals surface area contributed by atoms with Gasteiger partial charge in [-0.3, -0.25) is 0 Å². The van der Waals surface area contributed by atoms with Gasteiger partial charge >= 0.3 is 6.18 Å². The van der Waals surface area contributed by atoms with Gasteiger partial charge in [0, 0.05) is 6.20 Å². The number of hydrogen-bond donors (Lipinski definition) is 1. The largest absolute Gasteiger partial charge is 0.434 e. The molecule has 0 radical (unpaired) electrons. The summed E-state index contributed by atoms with van der Waals surface area (Å²) in [5.74, 6) is 0.220. The van der Waals surface area contributed by atoms with E-state index in [0.717, 1.165) is 6.07 Å². The van der Waals surface area contributed by atoms with Crippen molar-refractivity contribution in [2.75, 3.05) is 4.72 Å². The van der Waals surface area contributed by atoms with E-state index in [2.05, 4.69) is 14.7 Å². The second kappa shape index (κ2) is 7.08. The highest BCUT2D eigenvalue weighted by Gasteiger charge is 2.34. The van der Waals surface area contributed by atoms with Crippen molar-refractivity contribution >= 4 is 27.9 Å². The number of hydrogen-bond acceptors (Lipinski definition) is 4. The third-order valence-corrected chi connectivity index (χ3v) is 5.08. The molecule has 4 rings (SSSR count). The number of anilines is 1. The van der Waals surface area contributed by atoms with E-state index >= 15 is 0 Å². The molecular formula is C19H12F3N3O2S. The number of pyridine rings is 1. The number of alkyl halides is 3. The molecule has 0 aliphatic rings. The minimum absolute atomic E-state index is 0.220. The fourth-order valence-electron chi connectivity index (χ4n) is 2.66. The maximum absolute atomic E-state index is 13.2. The third kappa shape index (κ3) is 3.48. The Morgan fingerprint density at radius 3 is 2.50 bits per heavy atom. The summed E-state index contributed by atoms with van der Waals surface area (Å²) in [5.41, 5.74) is 0.693. The summed E-state index contributed by atoms with van der Waals surface area (Å²) in [4.78, 5) is 8.02. The molecule has 9 heteroatoms. The molecule has 0 saturated heterocycles. The lowest BCUT2D eigenvalue weighted by Crippen LogP contribution is -2.14. The van der Waals surface area contributed by atoms with E-state index in [1.165, 1.54) is 18.2 Å². The second-order valence-corrected chi connectivity index (χ2v) is 6.94. The molecule has 0 saturated carbocycles. The van der Waals surface area contributed by atoms with Gasteiger partial charge in [0.1, 0.15) is 0 Å². The molecule has 0 fully saturated rings. The van der Waals surface area contributed by atoms with Crippen LogP contribution in [-0.2, 0) is 17.2 Å². The molecule has 142 valence electrons. The number of rotatable bonds is 4. The van der Waals surface area contributed by atoms with Crippen molar-refractivity contribution < 1.29 is 21.8 Å². The van der Waals surface area contributed by atoms with Gasteiger partial charge in [-0.25, -0.2) is 9.19 Å². The molecule has 2 aromatic heterocycles. The Morgan fingerprint density at radius 2 is 1.71 bits per heavy atom. The van der Waals surface area contributed by atoms with E-state index < -0.39 is 22.7 Å². The number of aromatic nitrogens is 2. The Bertz CT molecular complexity index is 1140. The fourth-order valence-corrected chi connectivity index (χ4v) is 3.73. The molecule has 1 atom stereocenters. The summed E-state index contributed by atoms with van der Waals surface area (Å²) in [6, 6.07) is 14.8. The second-order valence-electron chi connectivity index (χ2n) is 5.75. The maximum Gasteiger partial charge on any atom is 0.417 e. The molecular weight excluding hydrogens is 391 g/mol. The zero-order chi connectivity index (χ0) is 19.7. The Kier molecular flexibility index (Phi) is 4.60. The predicted octanol–water partition coefficient (Wildman–Crippen LogP) is 5.04. The molecule has 2 heterocycles. The van der Waals surface area contributed by atoms with Crippen LogP contribution >= 0.6 is 0 Å². The van der Waals surface area contributed by atoms with Gasteiger partial charge in [0.05, 0.1) is 21.7 Å². The molecule has 2 aromatic carbocycles. The van der Waals surface area contributed by atoms with Crippen LogP contribution in [0.3, 0.4) is 0 Å². The monoisotopic (exact) mass is 403 g/mol. The molecule has 4 aromatic rings. The van der Waals surface area contributed by atoms with Gasteiger partial charge in [0.15, 0.2) is 22.2 Å². The van der Waals surface area contributed by atoms with E-state index in [0.29, 0.717) is 22.5 Å². The lowest BCUT2D eigenvalue weighted by atomic mass is 10.2. The summed E-state index contributed by atoms with van der Waals surface area (Å²) in [6.07, 6.45) is -3.04. The molecule has 0 aliphatic heterocycles. The van der Waals surface area contributed by atoms with Crippen LogP contribution in [-0.4, -0.2) is 14.2 Å². The Labute approximate surface area is 159 Å². The normalized spacial score (nSPS) is 12.8. The quantitative estimate of drug-likeness (QED) is 0.518. The molecule has 0 aliphatic carbocycles. The minimum atomic E-state index is -4.61. The summed E-state index contributed by atoms with van der Waals surface area (Å²) >= 11 is 0. The van der Waals surface area contributed by atoms with Crippen LogP contribution in [0.15, 0.2) is 76.2 Å². The Hall–Kier alpha value is -3.20. The molecule has 0 spiro atoms. The van der Waals surface area contributed by atoms with E-state index in [1.807, 2.05) is 0 Å². The van der Waals surface area contributed by atoms with E-state index in [4.69, 9.17) is 4.42 Å². The van der Waals surface area contributed by atoms with Gasteiger partial charge < -0.3 is 9.14 Å². The van der Waals surface area contributed by atoms with Crippen LogP contribution in [0.2, 0.25) is 0 Å². The first-order valence-corrected chi connectivity index (χ1v) is 9.24. The predicted molar refractivity (Wildman–Crippen MR) is 98.7 cm³/mol. The standard InChI is InChI=1S/C19H12F3N3O2S/c20-19(21,22)13-7-2-4-10-16(13)28(26)25-14-8-3-1-6-12(14)18-24-17-15(27-18)9-5-11-23-17/h1-11,25H. The first kappa shape index (κ1) is 18.2. The van der Waals surface area contributed by atoms with E-state index in [-0.39, 0.29) is 10.8 Å². The van der Waals surface area contributed by atoms with Crippen molar-refractivity contribution in [1.29, 1.82) is 0 Å². The number of fused-ring (bicyclic) bond motifs is 1. The van der Waals surface area contributed by atoms with Gasteiger partial charge in [-0.1, -0.05) is 24.3 Å². The number of nitrogens with zero attached hydrogens (tertiary/aromatic N) is 2. The zero-order valence-electron chi connectivity index (χ0n) is 14.1. The highest BCUT2D eigenvalue weighted by molar-refractivity contribution is 7.86. The number of para-hydroxylation sites is 1. The summed E-state index contributed by atoms with van der Waals surface area (Å²) in [5, 5.41) is 0. The van der Waals surface area contributed by atoms with Gasteiger partial charge in [-0.2, -0.15) is 18.2 Å². The van der Waals surface area contributed by atoms with Crippen molar-refractivity contribution in [3.05, 3.63) is 72.4 Å². The number of nitrogens with one attached hydrogen (secondary N) is 1. The molecule has 0 bridgehead atoms. The van der Waals surface area contributed by atoms with Crippen molar-refractivity contribution in [3.8, 4) is 11.5 Å². The summed E-state index contributed by atoms with van der Waals surface area (Å²) in [6.45, 7) is 0. The van der Waals surface area contributed by atoms with Crippen molar-refractivity contribution in [3.63, 3.8) is 0 Å². The first-order chi connectivity index (χ1) is 13.4. The first-order valence-electron chi connectivity index (χ1n) is 8.09. The lowest BCUT2D eigenvalue weighted by molar-refractivity contribution is -0.139. The smallest absolute Gasteiger partial charge is 0.417 e. The molecule has 5 nitrogen and oxygen atoms in total. The molecule has 1 N–H and O–H groups in total. The lowest BCUT2D eigenvalue weighted by Gasteiger charge is -2.14. The summed E-state index contributed by atoms with van der Waals surface area (Å²) in [7, 11) is -2.15. The zero-order valence-corrected chi connectivity index (χ0v) is 14.9. The average Bonchev–Trinajstić information content (AvgIpc) is 3.12. The average molecular weight is 403 g/mol. The maximum atomic E-state index is 13.2. The van der Waals surface area contributed by atoms with E-state index in [9.17, 15) is 17.4 Å². The number of oxazole rings is 1. The van der Waals surface area contributed by atoms with Gasteiger partial charge in [-0.15, -0.1) is 0 Å². The SMILES string of the molecule is O=S(Nc1ccccc1-c1nc2ncccc2o1)c1ccccc1C(F)(F)F. The van der Waals surface area contributed by atoms with Crippen LogP contribution in [0, 0.1) is 0 Å². The molecule has 0 amide bonds. The Balaban J connectivity index is 1.71.